The van der Waals surface area contributed by atoms with Crippen LogP contribution < -0.4 is 24.8 Å². The van der Waals surface area contributed by atoms with Gasteiger partial charge in [-0.3, -0.25) is 0 Å². The van der Waals surface area contributed by atoms with E-state index >= 15 is 0 Å². The van der Waals surface area contributed by atoms with Crippen molar-refractivity contribution in [2.75, 3.05) is 0 Å². The number of halogens is 2. The van der Waals surface area contributed by atoms with E-state index < -0.39 is 0 Å². The molecule has 0 aromatic heterocycles. The maximum absolute atomic E-state index is 2.28. The second kappa shape index (κ2) is 21.8. The quantitative estimate of drug-likeness (QED) is 0.362. The summed E-state index contributed by atoms with van der Waals surface area (Å²) >= 11 is 0.312. The van der Waals surface area contributed by atoms with E-state index in [2.05, 4.69) is 30.6 Å². The van der Waals surface area contributed by atoms with Crippen LogP contribution in [-0.2, 0) is 21.7 Å². The second-order valence-electron chi connectivity index (χ2n) is 3.00. The molecular formula is C13H19Cl2GeTi. The van der Waals surface area contributed by atoms with Gasteiger partial charge in [-0.2, -0.15) is 35.9 Å². The molecule has 0 N–H and O–H groups in total. The Kier molecular flexibility index (Phi) is 33.5. The average Bonchev–Trinajstić information content (AvgIpc) is 2.78. The molecule has 0 fully saturated rings. The molecule has 93 valence electrons. The molecule has 0 saturated heterocycles. The molecule has 1 radical (unpaired) electrons. The Morgan fingerprint density at radius 3 is 1.35 bits per heavy atom. The maximum Gasteiger partial charge on any atom is 4.00 e. The minimum Gasteiger partial charge on any atom is -1.00 e. The first-order valence-corrected chi connectivity index (χ1v) is 9.74. The van der Waals surface area contributed by atoms with Crippen molar-refractivity contribution in [2.45, 2.75) is 18.4 Å². The molecule has 0 aliphatic rings. The van der Waals surface area contributed by atoms with Gasteiger partial charge in [-0.1, -0.05) is 6.92 Å². The first kappa shape index (κ1) is 26.2. The molecule has 0 heterocycles. The number of hydrogen-bond donors (Lipinski definition) is 0. The molecular weight excluding hydrogens is 348 g/mol. The maximum atomic E-state index is 2.28. The van der Waals surface area contributed by atoms with Gasteiger partial charge < -0.3 is 24.8 Å². The van der Waals surface area contributed by atoms with Crippen LogP contribution in [0.4, 0.5) is 0 Å². The van der Waals surface area contributed by atoms with Gasteiger partial charge in [-0.25, -0.2) is 24.3 Å². The molecule has 0 aliphatic carbocycles. The van der Waals surface area contributed by atoms with E-state index in [0.29, 0.717) is 15.4 Å². The van der Waals surface area contributed by atoms with Crippen LogP contribution in [0, 0.1) is 6.92 Å². The summed E-state index contributed by atoms with van der Waals surface area (Å²) in [5.74, 6) is 4.56. The zero-order valence-corrected chi connectivity index (χ0v) is 16.0. The molecule has 0 saturated carbocycles. The van der Waals surface area contributed by atoms with Gasteiger partial charge in [0, 0.05) is 0 Å². The van der Waals surface area contributed by atoms with Gasteiger partial charge in [0.05, 0.1) is 0 Å². The summed E-state index contributed by atoms with van der Waals surface area (Å²) in [5, 5.41) is 0. The molecule has 0 nitrogen and oxygen atoms in total. The zero-order valence-electron chi connectivity index (χ0n) is 10.5. The fourth-order valence-electron chi connectivity index (χ4n) is 0.791. The summed E-state index contributed by atoms with van der Waals surface area (Å²) in [6, 6.07) is 18.2. The van der Waals surface area contributed by atoms with Crippen molar-refractivity contribution in [2.24, 2.45) is 0 Å². The largest absolute Gasteiger partial charge is 4.00 e. The van der Waals surface area contributed by atoms with E-state index in [0.717, 1.165) is 0 Å². The third kappa shape index (κ3) is 22.2. The molecule has 2 aromatic carbocycles. The Balaban J connectivity index is -0.0000000718. The third-order valence-electron chi connectivity index (χ3n) is 1.38. The van der Waals surface area contributed by atoms with E-state index in [1.807, 2.05) is 42.5 Å². The normalized spacial score (nSPS) is 6.53. The topological polar surface area (TPSA) is 0 Å². The first-order valence-electron chi connectivity index (χ1n) is 4.90. The summed E-state index contributed by atoms with van der Waals surface area (Å²) in [6.07, 6.45) is 0. The van der Waals surface area contributed by atoms with E-state index in [-0.39, 0.29) is 46.5 Å². The van der Waals surface area contributed by atoms with Crippen LogP contribution in [0.1, 0.15) is 5.56 Å². The first-order chi connectivity index (χ1) is 6.81. The Morgan fingerprint density at radius 1 is 0.882 bits per heavy atom. The molecule has 0 aliphatic heterocycles. The second-order valence-corrected chi connectivity index (χ2v) is 5.42. The van der Waals surface area contributed by atoms with Crippen molar-refractivity contribution >= 4 is 15.4 Å². The van der Waals surface area contributed by atoms with Crippen molar-refractivity contribution in [1.29, 1.82) is 0 Å². The molecule has 0 amide bonds. The van der Waals surface area contributed by atoms with Crippen LogP contribution in [0.3, 0.4) is 0 Å². The molecule has 2 aromatic rings. The Hall–Kier alpha value is 0.537. The van der Waals surface area contributed by atoms with Gasteiger partial charge >= 0.3 is 48.7 Å². The summed E-state index contributed by atoms with van der Waals surface area (Å²) in [4.78, 5) is 0. The molecule has 0 unspecified atom stereocenters. The van der Waals surface area contributed by atoms with Gasteiger partial charge in [0.25, 0.3) is 0 Å². The number of rotatable bonds is 0. The van der Waals surface area contributed by atoms with E-state index in [9.17, 15) is 0 Å². The fraction of sp³-hybridized carbons (Fsp3) is 0.231. The van der Waals surface area contributed by atoms with Crippen molar-refractivity contribution in [3.8, 4) is 0 Å². The standard InChI is InChI=1S/C6H7.C5H5.C2H7Ge.2ClH.Ti/c1-6-4-2-3-5-6;1-2-4-5-3-1;1-3-2;;;/h2-5H,1H3;1-5H;3H,1-2H3;2*1H;/q2*-1;;;;+4/p-2. The summed E-state index contributed by atoms with van der Waals surface area (Å²) in [7, 11) is 0. The van der Waals surface area contributed by atoms with Crippen molar-refractivity contribution < 1.29 is 46.5 Å². The molecule has 4 heteroatoms. The Morgan fingerprint density at radius 2 is 1.24 bits per heavy atom. The number of aryl methyl sites for hydroxylation is 1. The minimum absolute atomic E-state index is 0. The van der Waals surface area contributed by atoms with Crippen LogP contribution in [0.25, 0.3) is 0 Å². The molecule has 0 spiro atoms. The monoisotopic (exact) mass is 367 g/mol. The van der Waals surface area contributed by atoms with Gasteiger partial charge in [-0.15, -0.1) is 0 Å². The van der Waals surface area contributed by atoms with Crippen LogP contribution in [-0.4, -0.2) is 15.4 Å². The zero-order chi connectivity index (χ0) is 10.6. The van der Waals surface area contributed by atoms with Gasteiger partial charge in [0.15, 0.2) is 0 Å². The average molecular weight is 367 g/mol. The summed E-state index contributed by atoms with van der Waals surface area (Å²) in [6.45, 7) is 2.08. The summed E-state index contributed by atoms with van der Waals surface area (Å²) in [5.41, 5.74) is 1.34. The number of hydrogen-bond acceptors (Lipinski definition) is 0. The van der Waals surface area contributed by atoms with E-state index in [4.69, 9.17) is 0 Å². The van der Waals surface area contributed by atoms with Crippen molar-refractivity contribution in [3.05, 3.63) is 60.2 Å². The van der Waals surface area contributed by atoms with Crippen LogP contribution in [0.2, 0.25) is 11.5 Å². The third-order valence-corrected chi connectivity index (χ3v) is 1.38. The SMILES string of the molecule is C[c-]1cccc1.[CH3][GeH][CH3].[Cl-].[Cl-].[Ti+4].c1cc[cH-]c1. The fourth-order valence-corrected chi connectivity index (χ4v) is 0.791. The Bertz CT molecular complexity index is 250. The van der Waals surface area contributed by atoms with Crippen LogP contribution in [0.5, 0.6) is 0 Å². The van der Waals surface area contributed by atoms with Crippen molar-refractivity contribution in [1.82, 2.24) is 0 Å². The molecule has 2 rings (SSSR count). The smallest absolute Gasteiger partial charge is 1.00 e. The molecule has 17 heavy (non-hydrogen) atoms. The van der Waals surface area contributed by atoms with Gasteiger partial charge in [-0.05, 0) is 0 Å². The van der Waals surface area contributed by atoms with E-state index in [1.54, 1.807) is 0 Å². The minimum atomic E-state index is 0. The predicted molar refractivity (Wildman–Crippen MR) is 67.7 cm³/mol. The summed E-state index contributed by atoms with van der Waals surface area (Å²) < 4.78 is 0. The van der Waals surface area contributed by atoms with Gasteiger partial charge in [0.2, 0.25) is 0 Å². The van der Waals surface area contributed by atoms with Crippen LogP contribution in [0.15, 0.2) is 54.6 Å². The van der Waals surface area contributed by atoms with Crippen LogP contribution >= 0.6 is 0 Å². The molecule has 0 bridgehead atoms. The van der Waals surface area contributed by atoms with E-state index in [1.165, 1.54) is 5.56 Å². The predicted octanol–water partition coefficient (Wildman–Crippen LogP) is -2.36. The Labute approximate surface area is 139 Å². The molecule has 0 atom stereocenters. The van der Waals surface area contributed by atoms with Gasteiger partial charge in [0.1, 0.15) is 0 Å². The van der Waals surface area contributed by atoms with Crippen molar-refractivity contribution in [3.63, 3.8) is 0 Å².